The molecular weight excluding hydrogens is 144 g/mol. The van der Waals surface area contributed by atoms with Crippen LogP contribution in [-0.2, 0) is 14.9 Å². The molecule has 9 heavy (non-hydrogen) atoms. The van der Waals surface area contributed by atoms with Crippen molar-refractivity contribution in [1.82, 2.24) is 0 Å². The molecule has 1 N–H and O–H groups in total. The molecule has 0 aliphatic rings. The van der Waals surface area contributed by atoms with Gasteiger partial charge in [0, 0.05) is 0 Å². The first-order valence-electron chi connectivity index (χ1n) is 2.08. The van der Waals surface area contributed by atoms with E-state index in [9.17, 15) is 13.2 Å². The molecule has 0 saturated heterocycles. The van der Waals surface area contributed by atoms with Crippen LogP contribution in [0.15, 0.2) is 11.5 Å². The van der Waals surface area contributed by atoms with E-state index in [4.69, 9.17) is 4.55 Å². The zero-order valence-electron chi connectivity index (χ0n) is 4.73. The van der Waals surface area contributed by atoms with Gasteiger partial charge in [0.15, 0.2) is 5.78 Å². The minimum Gasteiger partial charge on any atom is -0.295 e. The normalized spacial score (nSPS) is 12.2. The van der Waals surface area contributed by atoms with Crippen molar-refractivity contribution in [2.24, 2.45) is 0 Å². The van der Waals surface area contributed by atoms with Crippen molar-refractivity contribution in [2.45, 2.75) is 6.92 Å². The lowest BCUT2D eigenvalue weighted by atomic mass is 10.5. The summed E-state index contributed by atoms with van der Waals surface area (Å²) in [5.41, 5.74) is 0. The lowest BCUT2D eigenvalue weighted by molar-refractivity contribution is -0.112. The van der Waals surface area contributed by atoms with Crippen LogP contribution in [0.1, 0.15) is 6.92 Å². The van der Waals surface area contributed by atoms with Crippen LogP contribution in [0.5, 0.6) is 0 Å². The van der Waals surface area contributed by atoms with Gasteiger partial charge in [-0.05, 0) is 13.0 Å². The van der Waals surface area contributed by atoms with Crippen LogP contribution in [0.4, 0.5) is 0 Å². The molecule has 52 valence electrons. The van der Waals surface area contributed by atoms with Gasteiger partial charge < -0.3 is 0 Å². The highest BCUT2D eigenvalue weighted by atomic mass is 32.2. The van der Waals surface area contributed by atoms with Gasteiger partial charge in [0.2, 0.25) is 0 Å². The first-order chi connectivity index (χ1) is 3.92. The quantitative estimate of drug-likeness (QED) is 0.443. The molecule has 0 aromatic heterocycles. The maximum atomic E-state index is 10.0. The Morgan fingerprint density at radius 1 is 1.56 bits per heavy atom. The van der Waals surface area contributed by atoms with Gasteiger partial charge in [0.05, 0.1) is 5.41 Å². The minimum absolute atomic E-state index is 0.423. The van der Waals surface area contributed by atoms with E-state index in [1.807, 2.05) is 0 Å². The van der Waals surface area contributed by atoms with Gasteiger partial charge in [0.1, 0.15) is 0 Å². The molecule has 0 rings (SSSR count). The number of allylic oxidation sites excluding steroid dienone is 1. The van der Waals surface area contributed by atoms with Crippen LogP contribution in [0.3, 0.4) is 0 Å². The highest BCUT2D eigenvalue weighted by Gasteiger charge is 1.94. The molecule has 0 saturated carbocycles. The molecule has 0 atom stereocenters. The van der Waals surface area contributed by atoms with E-state index in [2.05, 4.69) is 0 Å². The van der Waals surface area contributed by atoms with E-state index in [1.54, 1.807) is 0 Å². The highest BCUT2D eigenvalue weighted by Crippen LogP contribution is 1.84. The van der Waals surface area contributed by atoms with Gasteiger partial charge in [-0.15, -0.1) is 0 Å². The predicted molar refractivity (Wildman–Crippen MR) is 31.4 cm³/mol. The molecule has 0 aromatic rings. The van der Waals surface area contributed by atoms with Crippen LogP contribution in [0, 0.1) is 0 Å². The predicted octanol–water partition coefficient (Wildman–Crippen LogP) is -0.0231. The van der Waals surface area contributed by atoms with Gasteiger partial charge in [-0.3, -0.25) is 9.35 Å². The number of hydrogen-bond acceptors (Lipinski definition) is 3. The lowest BCUT2D eigenvalue weighted by Gasteiger charge is -1.79. The molecule has 0 unspecified atom stereocenters. The third-order valence-corrected chi connectivity index (χ3v) is 0.955. The Balaban J connectivity index is 4.21. The highest BCUT2D eigenvalue weighted by molar-refractivity contribution is 7.88. The molecule has 0 aliphatic heterocycles. The zero-order valence-corrected chi connectivity index (χ0v) is 5.55. The van der Waals surface area contributed by atoms with Crippen molar-refractivity contribution in [3.8, 4) is 0 Å². The molecule has 0 radical (unpaired) electrons. The van der Waals surface area contributed by atoms with Gasteiger partial charge >= 0.3 is 0 Å². The number of ketones is 1. The Labute approximate surface area is 52.9 Å². The molecule has 0 aliphatic carbocycles. The van der Waals surface area contributed by atoms with Crippen molar-refractivity contribution >= 4 is 15.9 Å². The maximum Gasteiger partial charge on any atom is 0.287 e. The third kappa shape index (κ3) is 7.32. The second-order valence-corrected chi connectivity index (χ2v) is 2.73. The summed E-state index contributed by atoms with van der Waals surface area (Å²) in [5.74, 6) is -0.423. The fraction of sp³-hybridized carbons (Fsp3) is 0.250. The van der Waals surface area contributed by atoms with E-state index in [1.165, 1.54) is 6.92 Å². The Kier molecular flexibility index (Phi) is 2.54. The number of carbonyl (C=O) groups is 1. The summed E-state index contributed by atoms with van der Waals surface area (Å²) < 4.78 is 27.7. The maximum absolute atomic E-state index is 10.0. The standard InChI is InChI=1S/C4H6O4S/c1-4(5)2-3-9(6,7)8/h2-3H,1H3,(H,6,7,8). The van der Waals surface area contributed by atoms with E-state index in [0.717, 1.165) is 6.08 Å². The summed E-state index contributed by atoms with van der Waals surface area (Å²) in [5, 5.41) is 0.440. The summed E-state index contributed by atoms with van der Waals surface area (Å²) in [6.07, 6.45) is 0.773. The largest absolute Gasteiger partial charge is 0.295 e. The van der Waals surface area contributed by atoms with Crippen LogP contribution < -0.4 is 0 Å². The summed E-state index contributed by atoms with van der Waals surface area (Å²) in [6.45, 7) is 1.18. The Morgan fingerprint density at radius 2 is 2.00 bits per heavy atom. The second kappa shape index (κ2) is 2.75. The molecule has 0 fully saturated rings. The fourth-order valence-corrected chi connectivity index (χ4v) is 0.545. The molecule has 0 amide bonds. The molecule has 5 heteroatoms. The summed E-state index contributed by atoms with van der Waals surface area (Å²) in [7, 11) is -4.12. The van der Waals surface area contributed by atoms with Crippen molar-refractivity contribution in [1.29, 1.82) is 0 Å². The van der Waals surface area contributed by atoms with E-state index in [0.29, 0.717) is 5.41 Å². The topological polar surface area (TPSA) is 71.4 Å². The monoisotopic (exact) mass is 150 g/mol. The van der Waals surface area contributed by atoms with Crippen LogP contribution in [0.25, 0.3) is 0 Å². The third-order valence-electron chi connectivity index (χ3n) is 0.475. The van der Waals surface area contributed by atoms with Gasteiger partial charge in [-0.25, -0.2) is 0 Å². The van der Waals surface area contributed by atoms with E-state index in [-0.39, 0.29) is 0 Å². The smallest absolute Gasteiger partial charge is 0.287 e. The lowest BCUT2D eigenvalue weighted by Crippen LogP contribution is -1.91. The molecule has 0 heterocycles. The summed E-state index contributed by atoms with van der Waals surface area (Å²) in [6, 6.07) is 0. The summed E-state index contributed by atoms with van der Waals surface area (Å²) in [4.78, 5) is 10.0. The average molecular weight is 150 g/mol. The van der Waals surface area contributed by atoms with Crippen LogP contribution in [0.2, 0.25) is 0 Å². The van der Waals surface area contributed by atoms with E-state index < -0.39 is 15.9 Å². The van der Waals surface area contributed by atoms with Crippen molar-refractivity contribution in [3.63, 3.8) is 0 Å². The van der Waals surface area contributed by atoms with Crippen molar-refractivity contribution in [2.75, 3.05) is 0 Å². The molecule has 0 aromatic carbocycles. The Bertz CT molecular complexity index is 223. The number of carbonyl (C=O) groups excluding carboxylic acids is 1. The molecule has 4 nitrogen and oxygen atoms in total. The number of hydrogen-bond donors (Lipinski definition) is 1. The zero-order chi connectivity index (χ0) is 7.49. The van der Waals surface area contributed by atoms with Gasteiger partial charge in [-0.2, -0.15) is 8.42 Å². The summed E-state index contributed by atoms with van der Waals surface area (Å²) >= 11 is 0. The van der Waals surface area contributed by atoms with Crippen molar-refractivity contribution in [3.05, 3.63) is 11.5 Å². The fourth-order valence-electron chi connectivity index (χ4n) is 0.182. The average Bonchev–Trinajstić information content (AvgIpc) is 1.59. The number of rotatable bonds is 2. The van der Waals surface area contributed by atoms with Gasteiger partial charge in [-0.1, -0.05) is 0 Å². The van der Waals surface area contributed by atoms with Crippen molar-refractivity contribution < 1.29 is 17.8 Å². The first kappa shape index (κ1) is 8.32. The van der Waals surface area contributed by atoms with Crippen LogP contribution in [-0.4, -0.2) is 18.8 Å². The SMILES string of the molecule is CC(=O)C=CS(=O)(=O)O. The Morgan fingerprint density at radius 3 is 2.11 bits per heavy atom. The first-order valence-corrected chi connectivity index (χ1v) is 3.58. The van der Waals surface area contributed by atoms with E-state index >= 15 is 0 Å². The Hall–Kier alpha value is -0.680. The minimum atomic E-state index is -4.12. The molecule has 0 bridgehead atoms. The van der Waals surface area contributed by atoms with Crippen LogP contribution >= 0.6 is 0 Å². The molecule has 0 spiro atoms. The van der Waals surface area contributed by atoms with Gasteiger partial charge in [0.25, 0.3) is 10.1 Å². The second-order valence-electron chi connectivity index (χ2n) is 1.43. The molecular formula is C4H6O4S.